The minimum absolute atomic E-state index is 0.0698. The summed E-state index contributed by atoms with van der Waals surface area (Å²) in [5.74, 6) is 0.0272. The van der Waals surface area contributed by atoms with Crippen LogP contribution in [0.25, 0.3) is 11.5 Å². The normalized spacial score (nSPS) is 19.0. The highest BCUT2D eigenvalue weighted by Gasteiger charge is 2.34. The Morgan fingerprint density at radius 2 is 2.16 bits per heavy atom. The molecule has 0 amide bonds. The first-order valence-electron chi connectivity index (χ1n) is 7.83. The molecule has 134 valence electrons. The molecule has 1 saturated heterocycles. The number of anilines is 1. The van der Waals surface area contributed by atoms with E-state index in [9.17, 15) is 13.2 Å². The van der Waals surface area contributed by atoms with Gasteiger partial charge in [-0.2, -0.15) is 13.2 Å². The summed E-state index contributed by atoms with van der Waals surface area (Å²) in [5, 5.41) is 2.93. The molecule has 0 radical (unpaired) electrons. The van der Waals surface area contributed by atoms with Gasteiger partial charge in [-0.1, -0.05) is 6.07 Å². The SMILES string of the molecule is CN1CCOC(CNc2cc(C(F)(F)F)nc(-c3ccccn3)n2)C1. The number of morpholine rings is 1. The zero-order valence-electron chi connectivity index (χ0n) is 13.6. The zero-order chi connectivity index (χ0) is 17.9. The van der Waals surface area contributed by atoms with Crippen molar-refractivity contribution in [3.63, 3.8) is 0 Å². The predicted octanol–water partition coefficient (Wildman–Crippen LogP) is 2.30. The van der Waals surface area contributed by atoms with Crippen LogP contribution in [0.15, 0.2) is 30.5 Å². The topological polar surface area (TPSA) is 63.2 Å². The molecule has 2 aromatic heterocycles. The van der Waals surface area contributed by atoms with Crippen molar-refractivity contribution in [2.75, 3.05) is 38.6 Å². The molecule has 0 bridgehead atoms. The Bertz CT molecular complexity index is 711. The number of rotatable bonds is 4. The summed E-state index contributed by atoms with van der Waals surface area (Å²) in [7, 11) is 1.97. The molecule has 6 nitrogen and oxygen atoms in total. The molecular formula is C16H18F3N5O. The monoisotopic (exact) mass is 353 g/mol. The maximum atomic E-state index is 13.1. The standard InChI is InChI=1S/C16H18F3N5O/c1-24-6-7-25-11(10-24)9-21-14-8-13(16(17,18)19)22-15(23-14)12-4-2-3-5-20-12/h2-5,8,11H,6-7,9-10H2,1H3,(H,21,22,23). The Labute approximate surface area is 143 Å². The number of halogens is 3. The molecule has 0 aliphatic carbocycles. The lowest BCUT2D eigenvalue weighted by atomic mass is 10.2. The number of hydrogen-bond donors (Lipinski definition) is 1. The molecule has 1 N–H and O–H groups in total. The second-order valence-corrected chi connectivity index (χ2v) is 5.81. The molecule has 25 heavy (non-hydrogen) atoms. The Hall–Kier alpha value is -2.26. The smallest absolute Gasteiger partial charge is 0.374 e. The number of pyridine rings is 1. The fraction of sp³-hybridized carbons (Fsp3) is 0.438. The Kier molecular flexibility index (Phi) is 5.14. The fourth-order valence-electron chi connectivity index (χ4n) is 2.50. The molecule has 1 aliphatic rings. The van der Waals surface area contributed by atoms with E-state index in [0.29, 0.717) is 19.7 Å². The van der Waals surface area contributed by atoms with Gasteiger partial charge >= 0.3 is 6.18 Å². The third-order valence-electron chi connectivity index (χ3n) is 3.76. The summed E-state index contributed by atoms with van der Waals surface area (Å²) in [5.41, 5.74) is -0.724. The molecule has 1 unspecified atom stereocenters. The Morgan fingerprint density at radius 1 is 1.32 bits per heavy atom. The van der Waals surface area contributed by atoms with Crippen molar-refractivity contribution in [2.45, 2.75) is 12.3 Å². The van der Waals surface area contributed by atoms with Gasteiger partial charge in [-0.15, -0.1) is 0 Å². The highest BCUT2D eigenvalue weighted by atomic mass is 19.4. The van der Waals surface area contributed by atoms with Crippen LogP contribution in [0.3, 0.4) is 0 Å². The molecule has 1 aliphatic heterocycles. The van der Waals surface area contributed by atoms with Crippen LogP contribution in [-0.4, -0.2) is 59.2 Å². The van der Waals surface area contributed by atoms with E-state index in [2.05, 4.69) is 25.2 Å². The number of aromatic nitrogens is 3. The number of nitrogens with one attached hydrogen (secondary N) is 1. The molecule has 3 rings (SSSR count). The van der Waals surface area contributed by atoms with Gasteiger partial charge in [0.25, 0.3) is 0 Å². The van der Waals surface area contributed by atoms with Gasteiger partial charge in [0.2, 0.25) is 0 Å². The predicted molar refractivity (Wildman–Crippen MR) is 86.0 cm³/mol. The number of nitrogens with zero attached hydrogens (tertiary/aromatic N) is 4. The minimum atomic E-state index is -4.57. The Morgan fingerprint density at radius 3 is 2.84 bits per heavy atom. The molecule has 2 aromatic rings. The van der Waals surface area contributed by atoms with Gasteiger partial charge in [0.05, 0.1) is 12.7 Å². The molecule has 0 spiro atoms. The summed E-state index contributed by atoms with van der Waals surface area (Å²) in [4.78, 5) is 13.9. The van der Waals surface area contributed by atoms with E-state index in [1.807, 2.05) is 7.05 Å². The highest BCUT2D eigenvalue weighted by Crippen LogP contribution is 2.30. The lowest BCUT2D eigenvalue weighted by Gasteiger charge is -2.30. The first-order valence-corrected chi connectivity index (χ1v) is 7.83. The van der Waals surface area contributed by atoms with Crippen molar-refractivity contribution in [1.82, 2.24) is 19.9 Å². The van der Waals surface area contributed by atoms with Crippen LogP contribution in [0.2, 0.25) is 0 Å². The van der Waals surface area contributed by atoms with Crippen LogP contribution in [0.5, 0.6) is 0 Å². The van der Waals surface area contributed by atoms with Crippen LogP contribution in [0.1, 0.15) is 5.69 Å². The lowest BCUT2D eigenvalue weighted by Crippen LogP contribution is -2.43. The molecule has 9 heteroatoms. The van der Waals surface area contributed by atoms with Gasteiger partial charge in [-0.05, 0) is 19.2 Å². The first-order chi connectivity index (χ1) is 11.9. The summed E-state index contributed by atoms with van der Waals surface area (Å²) in [6.45, 7) is 2.50. The summed E-state index contributed by atoms with van der Waals surface area (Å²) in [6, 6.07) is 5.81. The summed E-state index contributed by atoms with van der Waals surface area (Å²) in [6.07, 6.45) is -3.19. The maximum Gasteiger partial charge on any atom is 0.433 e. The quantitative estimate of drug-likeness (QED) is 0.910. The van der Waals surface area contributed by atoms with Crippen LogP contribution in [0, 0.1) is 0 Å². The van der Waals surface area contributed by atoms with Gasteiger partial charge < -0.3 is 15.0 Å². The van der Waals surface area contributed by atoms with E-state index in [0.717, 1.165) is 12.6 Å². The lowest BCUT2D eigenvalue weighted by molar-refractivity contribution is -0.141. The van der Waals surface area contributed by atoms with Crippen molar-refractivity contribution in [3.05, 3.63) is 36.2 Å². The minimum Gasteiger partial charge on any atom is -0.374 e. The molecule has 0 aromatic carbocycles. The van der Waals surface area contributed by atoms with E-state index in [4.69, 9.17) is 4.74 Å². The summed E-state index contributed by atoms with van der Waals surface area (Å²) < 4.78 is 45.0. The second kappa shape index (κ2) is 7.32. The van der Waals surface area contributed by atoms with Crippen molar-refractivity contribution >= 4 is 5.82 Å². The number of alkyl halides is 3. The largest absolute Gasteiger partial charge is 0.433 e. The first kappa shape index (κ1) is 17.6. The number of likely N-dealkylation sites (N-methyl/N-ethyl adjacent to an activating group) is 1. The van der Waals surface area contributed by atoms with E-state index < -0.39 is 11.9 Å². The third kappa shape index (κ3) is 4.64. The van der Waals surface area contributed by atoms with Crippen molar-refractivity contribution < 1.29 is 17.9 Å². The van der Waals surface area contributed by atoms with Crippen molar-refractivity contribution in [2.24, 2.45) is 0 Å². The van der Waals surface area contributed by atoms with Crippen molar-refractivity contribution in [1.29, 1.82) is 0 Å². The van der Waals surface area contributed by atoms with Gasteiger partial charge in [-0.25, -0.2) is 9.97 Å². The van der Waals surface area contributed by atoms with Crippen LogP contribution < -0.4 is 5.32 Å². The highest BCUT2D eigenvalue weighted by molar-refractivity contribution is 5.53. The van der Waals surface area contributed by atoms with Gasteiger partial charge in [0.15, 0.2) is 11.5 Å². The molecule has 0 saturated carbocycles. The third-order valence-corrected chi connectivity index (χ3v) is 3.76. The molecule has 1 fully saturated rings. The Balaban J connectivity index is 1.82. The van der Waals surface area contributed by atoms with E-state index >= 15 is 0 Å². The van der Waals surface area contributed by atoms with E-state index in [-0.39, 0.29) is 23.4 Å². The maximum absolute atomic E-state index is 13.1. The van der Waals surface area contributed by atoms with Crippen LogP contribution in [0.4, 0.5) is 19.0 Å². The number of hydrogen-bond acceptors (Lipinski definition) is 6. The second-order valence-electron chi connectivity index (χ2n) is 5.81. The fourth-order valence-corrected chi connectivity index (χ4v) is 2.50. The van der Waals surface area contributed by atoms with Gasteiger partial charge in [0.1, 0.15) is 11.5 Å². The average Bonchev–Trinajstić information content (AvgIpc) is 2.60. The zero-order valence-corrected chi connectivity index (χ0v) is 13.6. The van der Waals surface area contributed by atoms with Gasteiger partial charge in [-0.3, -0.25) is 4.98 Å². The molecular weight excluding hydrogens is 335 g/mol. The van der Waals surface area contributed by atoms with Gasteiger partial charge in [0, 0.05) is 31.9 Å². The van der Waals surface area contributed by atoms with Crippen molar-refractivity contribution in [3.8, 4) is 11.5 Å². The van der Waals surface area contributed by atoms with E-state index in [1.54, 1.807) is 18.2 Å². The molecule has 1 atom stereocenters. The van der Waals surface area contributed by atoms with Crippen LogP contribution >= 0.6 is 0 Å². The average molecular weight is 353 g/mol. The summed E-state index contributed by atoms with van der Waals surface area (Å²) >= 11 is 0. The van der Waals surface area contributed by atoms with Crippen LogP contribution in [-0.2, 0) is 10.9 Å². The number of ether oxygens (including phenoxy) is 1. The van der Waals surface area contributed by atoms with E-state index in [1.165, 1.54) is 6.20 Å². The molecule has 3 heterocycles.